The number of nitrogens with two attached hydrogens (primary N) is 1. The molecule has 1 heterocycles. The lowest BCUT2D eigenvalue weighted by molar-refractivity contribution is 0.372. The number of nitrogens with zero attached hydrogens (tertiary/aromatic N) is 4. The number of likely N-dealkylation sites (N-methyl/N-ethyl adjacent to an activating group) is 2. The third kappa shape index (κ3) is 3.34. The quantitative estimate of drug-likeness (QED) is 0.801. The molecule has 90 valence electrons. The van der Waals surface area contributed by atoms with E-state index in [2.05, 4.69) is 47.7 Å². The average molecular weight is 223 g/mol. The first-order valence-corrected chi connectivity index (χ1v) is 5.53. The fourth-order valence-electron chi connectivity index (χ4n) is 1.81. The minimum Gasteiger partial charge on any atom is -0.382 e. The summed E-state index contributed by atoms with van der Waals surface area (Å²) in [6, 6.07) is 0.401. The Kier molecular flexibility index (Phi) is 4.49. The Bertz CT molecular complexity index is 309. The molecule has 1 atom stereocenters. The fraction of sp³-hybridized carbons (Fsp3) is 0.636. The predicted molar refractivity (Wildman–Crippen MR) is 67.5 cm³/mol. The van der Waals surface area contributed by atoms with Gasteiger partial charge in [0.05, 0.1) is 12.4 Å². The predicted octanol–water partition coefficient (Wildman–Crippen LogP) is 0.835. The van der Waals surface area contributed by atoms with E-state index in [-0.39, 0.29) is 0 Å². The summed E-state index contributed by atoms with van der Waals surface area (Å²) in [6.45, 7) is 6.19. The van der Waals surface area contributed by atoms with Gasteiger partial charge in [0, 0.05) is 19.1 Å². The van der Waals surface area contributed by atoms with E-state index in [0.29, 0.717) is 11.9 Å². The zero-order valence-electron chi connectivity index (χ0n) is 10.5. The van der Waals surface area contributed by atoms with Crippen LogP contribution in [0.2, 0.25) is 0 Å². The molecule has 0 bridgehead atoms. The van der Waals surface area contributed by atoms with E-state index in [9.17, 15) is 0 Å². The molecule has 1 aromatic heterocycles. The standard InChI is InChI=1S/C11H21N5/c1-5-16(9(2)8-15(3)4)11-7-13-10(12)6-14-11/h6-7,9H,5,8H2,1-4H3,(H2,12,13). The summed E-state index contributed by atoms with van der Waals surface area (Å²) >= 11 is 0. The van der Waals surface area contributed by atoms with Crippen LogP contribution in [0.4, 0.5) is 11.6 Å². The van der Waals surface area contributed by atoms with Gasteiger partial charge >= 0.3 is 0 Å². The Morgan fingerprint density at radius 2 is 2.00 bits per heavy atom. The van der Waals surface area contributed by atoms with Crippen LogP contribution in [-0.2, 0) is 0 Å². The average Bonchev–Trinajstić information content (AvgIpc) is 2.21. The van der Waals surface area contributed by atoms with Gasteiger partial charge in [0.1, 0.15) is 11.6 Å². The zero-order valence-corrected chi connectivity index (χ0v) is 10.5. The van der Waals surface area contributed by atoms with Crippen molar-refractivity contribution in [2.75, 3.05) is 37.8 Å². The van der Waals surface area contributed by atoms with Crippen LogP contribution in [0.5, 0.6) is 0 Å². The van der Waals surface area contributed by atoms with Crippen molar-refractivity contribution in [3.05, 3.63) is 12.4 Å². The molecule has 16 heavy (non-hydrogen) atoms. The minimum atomic E-state index is 0.401. The van der Waals surface area contributed by atoms with Crippen LogP contribution >= 0.6 is 0 Å². The van der Waals surface area contributed by atoms with Crippen molar-refractivity contribution in [3.8, 4) is 0 Å². The number of rotatable bonds is 5. The molecule has 0 amide bonds. The van der Waals surface area contributed by atoms with Gasteiger partial charge in [0.15, 0.2) is 0 Å². The van der Waals surface area contributed by atoms with Gasteiger partial charge in [0.25, 0.3) is 0 Å². The van der Waals surface area contributed by atoms with Crippen LogP contribution in [0.15, 0.2) is 12.4 Å². The van der Waals surface area contributed by atoms with Crippen LogP contribution in [0, 0.1) is 0 Å². The maximum atomic E-state index is 5.52. The molecule has 1 unspecified atom stereocenters. The number of aromatic nitrogens is 2. The van der Waals surface area contributed by atoms with Gasteiger partial charge in [-0.05, 0) is 27.9 Å². The normalized spacial score (nSPS) is 12.8. The summed E-state index contributed by atoms with van der Waals surface area (Å²) in [7, 11) is 4.14. The highest BCUT2D eigenvalue weighted by Crippen LogP contribution is 2.13. The number of nitrogen functional groups attached to an aromatic ring is 1. The molecule has 0 saturated heterocycles. The van der Waals surface area contributed by atoms with Crippen LogP contribution < -0.4 is 10.6 Å². The van der Waals surface area contributed by atoms with Crippen molar-refractivity contribution in [2.24, 2.45) is 0 Å². The van der Waals surface area contributed by atoms with Gasteiger partial charge in [-0.3, -0.25) is 0 Å². The Hall–Kier alpha value is -1.36. The molecule has 0 fully saturated rings. The largest absolute Gasteiger partial charge is 0.382 e. The molecule has 2 N–H and O–H groups in total. The Morgan fingerprint density at radius 3 is 2.44 bits per heavy atom. The molecule has 0 aliphatic heterocycles. The first kappa shape index (κ1) is 12.7. The SMILES string of the molecule is CCN(c1cnc(N)cn1)C(C)CN(C)C. The molecule has 1 rings (SSSR count). The second-order valence-electron chi connectivity index (χ2n) is 4.20. The summed E-state index contributed by atoms with van der Waals surface area (Å²) < 4.78 is 0. The van der Waals surface area contributed by atoms with Gasteiger partial charge in [-0.1, -0.05) is 0 Å². The zero-order chi connectivity index (χ0) is 12.1. The first-order valence-electron chi connectivity index (χ1n) is 5.53. The first-order chi connectivity index (χ1) is 7.54. The second kappa shape index (κ2) is 5.65. The van der Waals surface area contributed by atoms with E-state index in [1.165, 1.54) is 0 Å². The van der Waals surface area contributed by atoms with E-state index in [4.69, 9.17) is 5.73 Å². The lowest BCUT2D eigenvalue weighted by Crippen LogP contribution is -2.40. The molecular weight excluding hydrogens is 202 g/mol. The van der Waals surface area contributed by atoms with Gasteiger partial charge in [-0.15, -0.1) is 0 Å². The third-order valence-electron chi connectivity index (χ3n) is 2.45. The maximum Gasteiger partial charge on any atom is 0.147 e. The van der Waals surface area contributed by atoms with Gasteiger partial charge in [0.2, 0.25) is 0 Å². The molecule has 0 aliphatic carbocycles. The maximum absolute atomic E-state index is 5.52. The van der Waals surface area contributed by atoms with E-state index >= 15 is 0 Å². The molecule has 0 aromatic carbocycles. The Labute approximate surface area is 97.3 Å². The summed E-state index contributed by atoms with van der Waals surface area (Å²) in [5.74, 6) is 1.34. The van der Waals surface area contributed by atoms with Crippen LogP contribution in [0.1, 0.15) is 13.8 Å². The van der Waals surface area contributed by atoms with Crippen molar-refractivity contribution in [1.29, 1.82) is 0 Å². The highest BCUT2D eigenvalue weighted by atomic mass is 15.2. The van der Waals surface area contributed by atoms with E-state index in [0.717, 1.165) is 18.9 Å². The summed E-state index contributed by atoms with van der Waals surface area (Å²) in [6.07, 6.45) is 3.32. The Morgan fingerprint density at radius 1 is 1.31 bits per heavy atom. The van der Waals surface area contributed by atoms with E-state index in [1.54, 1.807) is 12.4 Å². The van der Waals surface area contributed by atoms with Crippen molar-refractivity contribution < 1.29 is 0 Å². The van der Waals surface area contributed by atoms with Crippen molar-refractivity contribution in [1.82, 2.24) is 14.9 Å². The highest BCUT2D eigenvalue weighted by Gasteiger charge is 2.14. The molecule has 1 aromatic rings. The van der Waals surface area contributed by atoms with Crippen LogP contribution in [-0.4, -0.2) is 48.1 Å². The van der Waals surface area contributed by atoms with Gasteiger partial charge in [-0.25, -0.2) is 9.97 Å². The smallest absolute Gasteiger partial charge is 0.147 e. The van der Waals surface area contributed by atoms with E-state index in [1.807, 2.05) is 0 Å². The highest BCUT2D eigenvalue weighted by molar-refractivity contribution is 5.40. The van der Waals surface area contributed by atoms with E-state index < -0.39 is 0 Å². The van der Waals surface area contributed by atoms with Crippen molar-refractivity contribution >= 4 is 11.6 Å². The fourth-order valence-corrected chi connectivity index (χ4v) is 1.81. The number of anilines is 2. The minimum absolute atomic E-state index is 0.401. The summed E-state index contributed by atoms with van der Waals surface area (Å²) in [5.41, 5.74) is 5.52. The molecule has 5 heteroatoms. The summed E-state index contributed by atoms with van der Waals surface area (Å²) in [4.78, 5) is 12.7. The lowest BCUT2D eigenvalue weighted by atomic mass is 10.2. The molecule has 0 saturated carbocycles. The third-order valence-corrected chi connectivity index (χ3v) is 2.45. The molecule has 5 nitrogen and oxygen atoms in total. The van der Waals surface area contributed by atoms with Gasteiger partial charge < -0.3 is 15.5 Å². The monoisotopic (exact) mass is 223 g/mol. The summed E-state index contributed by atoms with van der Waals surface area (Å²) in [5, 5.41) is 0. The van der Waals surface area contributed by atoms with Crippen molar-refractivity contribution in [3.63, 3.8) is 0 Å². The molecular formula is C11H21N5. The van der Waals surface area contributed by atoms with Gasteiger partial charge in [-0.2, -0.15) is 0 Å². The van der Waals surface area contributed by atoms with Crippen LogP contribution in [0.25, 0.3) is 0 Å². The lowest BCUT2D eigenvalue weighted by Gasteiger charge is -2.30. The molecule has 0 radical (unpaired) electrons. The Balaban J connectivity index is 2.77. The van der Waals surface area contributed by atoms with Crippen molar-refractivity contribution in [2.45, 2.75) is 19.9 Å². The second-order valence-corrected chi connectivity index (χ2v) is 4.20. The number of hydrogen-bond acceptors (Lipinski definition) is 5. The molecule has 0 aliphatic rings. The number of hydrogen-bond donors (Lipinski definition) is 1. The topological polar surface area (TPSA) is 58.3 Å². The van der Waals surface area contributed by atoms with Crippen LogP contribution in [0.3, 0.4) is 0 Å². The molecule has 0 spiro atoms.